The molecule has 2 aromatic rings. The van der Waals surface area contributed by atoms with Gasteiger partial charge in [-0.2, -0.15) is 5.10 Å². The van der Waals surface area contributed by atoms with Crippen molar-refractivity contribution in [3.05, 3.63) is 24.5 Å². The second-order valence-electron chi connectivity index (χ2n) is 4.09. The van der Waals surface area contributed by atoms with E-state index in [1.165, 1.54) is 0 Å². The van der Waals surface area contributed by atoms with Gasteiger partial charge in [-0.15, -0.1) is 0 Å². The van der Waals surface area contributed by atoms with Crippen molar-refractivity contribution < 1.29 is 0 Å². The van der Waals surface area contributed by atoms with Crippen LogP contribution < -0.4 is 11.1 Å². The molecule has 0 spiro atoms. The van der Waals surface area contributed by atoms with Gasteiger partial charge in [-0.05, 0) is 25.5 Å². The van der Waals surface area contributed by atoms with Gasteiger partial charge in [0.25, 0.3) is 0 Å². The molecule has 0 aliphatic carbocycles. The number of anilines is 1. The van der Waals surface area contributed by atoms with Crippen LogP contribution in [0.2, 0.25) is 0 Å². The number of nitrogens with two attached hydrogens (primary N) is 1. The van der Waals surface area contributed by atoms with Crippen LogP contribution in [0.1, 0.15) is 13.8 Å². The van der Waals surface area contributed by atoms with Crippen LogP contribution >= 0.6 is 0 Å². The third kappa shape index (κ3) is 2.14. The van der Waals surface area contributed by atoms with E-state index in [4.69, 9.17) is 5.73 Å². The van der Waals surface area contributed by atoms with Gasteiger partial charge in [0.05, 0.1) is 6.20 Å². The van der Waals surface area contributed by atoms with Gasteiger partial charge in [0.2, 0.25) is 0 Å². The molecule has 86 valence electrons. The summed E-state index contributed by atoms with van der Waals surface area (Å²) in [5, 5.41) is 7.44. The zero-order chi connectivity index (χ0) is 11.5. The topological polar surface area (TPSA) is 68.2 Å². The lowest BCUT2D eigenvalue weighted by atomic mass is 10.0. The minimum atomic E-state index is 0.308. The molecule has 2 unspecified atom stereocenters. The Hall–Kier alpha value is -1.62. The molecule has 3 N–H and O–H groups in total. The van der Waals surface area contributed by atoms with Crippen LogP contribution in [0.25, 0.3) is 5.65 Å². The van der Waals surface area contributed by atoms with E-state index in [0.717, 1.165) is 11.5 Å². The lowest BCUT2D eigenvalue weighted by Gasteiger charge is -2.20. The predicted octanol–water partition coefficient (Wildman–Crippen LogP) is 1.12. The third-order valence-corrected chi connectivity index (χ3v) is 2.86. The summed E-state index contributed by atoms with van der Waals surface area (Å²) < 4.78 is 1.74. The summed E-state index contributed by atoms with van der Waals surface area (Å²) in [4.78, 5) is 4.44. The van der Waals surface area contributed by atoms with E-state index in [2.05, 4.69) is 29.2 Å². The molecule has 0 saturated heterocycles. The maximum absolute atomic E-state index is 5.63. The fourth-order valence-corrected chi connectivity index (χ4v) is 1.47. The maximum Gasteiger partial charge on any atom is 0.157 e. The van der Waals surface area contributed by atoms with Gasteiger partial charge in [-0.25, -0.2) is 9.50 Å². The first-order chi connectivity index (χ1) is 7.70. The summed E-state index contributed by atoms with van der Waals surface area (Å²) in [7, 11) is 0. The predicted molar refractivity (Wildman–Crippen MR) is 64.3 cm³/mol. The molecule has 2 aromatic heterocycles. The lowest BCUT2D eigenvalue weighted by molar-refractivity contribution is 0.520. The van der Waals surface area contributed by atoms with Crippen LogP contribution in [0, 0.1) is 5.92 Å². The molecule has 0 fully saturated rings. The van der Waals surface area contributed by atoms with E-state index in [9.17, 15) is 0 Å². The first-order valence-corrected chi connectivity index (χ1v) is 5.47. The average Bonchev–Trinajstić information content (AvgIpc) is 2.75. The van der Waals surface area contributed by atoms with Crippen molar-refractivity contribution in [2.24, 2.45) is 11.7 Å². The Balaban J connectivity index is 2.14. The number of hydrogen-bond donors (Lipinski definition) is 2. The van der Waals surface area contributed by atoms with Gasteiger partial charge in [-0.1, -0.05) is 6.92 Å². The molecule has 0 radical (unpaired) electrons. The van der Waals surface area contributed by atoms with Crippen LogP contribution in [-0.4, -0.2) is 27.2 Å². The second-order valence-corrected chi connectivity index (χ2v) is 4.09. The van der Waals surface area contributed by atoms with Crippen molar-refractivity contribution in [2.45, 2.75) is 19.9 Å². The summed E-state index contributed by atoms with van der Waals surface area (Å²) in [6, 6.07) is 4.10. The average molecular weight is 219 g/mol. The second kappa shape index (κ2) is 4.49. The van der Waals surface area contributed by atoms with E-state index in [1.807, 2.05) is 18.3 Å². The van der Waals surface area contributed by atoms with Crippen molar-refractivity contribution in [1.82, 2.24) is 14.6 Å². The molecule has 0 bridgehead atoms. The van der Waals surface area contributed by atoms with Crippen LogP contribution in [0.15, 0.2) is 24.5 Å². The number of aromatic nitrogens is 3. The molecule has 2 heterocycles. The summed E-state index contributed by atoms with van der Waals surface area (Å²) >= 11 is 0. The van der Waals surface area contributed by atoms with E-state index < -0.39 is 0 Å². The molecule has 0 aliphatic rings. The molecular formula is C11H17N5. The van der Waals surface area contributed by atoms with Crippen molar-refractivity contribution in [3.63, 3.8) is 0 Å². The Morgan fingerprint density at radius 1 is 1.44 bits per heavy atom. The normalized spacial score (nSPS) is 14.9. The highest BCUT2D eigenvalue weighted by Gasteiger charge is 2.10. The Bertz CT molecular complexity index is 464. The summed E-state index contributed by atoms with van der Waals surface area (Å²) in [5.41, 5.74) is 6.47. The minimum absolute atomic E-state index is 0.308. The highest BCUT2D eigenvalue weighted by molar-refractivity contribution is 5.45. The van der Waals surface area contributed by atoms with Gasteiger partial charge in [-0.3, -0.25) is 0 Å². The number of nitrogens with one attached hydrogen (secondary N) is 1. The Kier molecular flexibility index (Phi) is 3.05. The van der Waals surface area contributed by atoms with E-state index in [1.54, 1.807) is 10.7 Å². The van der Waals surface area contributed by atoms with Crippen LogP contribution in [0.5, 0.6) is 0 Å². The molecule has 5 nitrogen and oxygen atoms in total. The molecule has 2 rings (SSSR count). The quantitative estimate of drug-likeness (QED) is 0.808. The molecule has 16 heavy (non-hydrogen) atoms. The lowest BCUT2D eigenvalue weighted by Crippen LogP contribution is -2.29. The number of rotatable bonds is 4. The summed E-state index contributed by atoms with van der Waals surface area (Å²) in [6.07, 6.45) is 3.63. The van der Waals surface area contributed by atoms with Crippen LogP contribution in [0.3, 0.4) is 0 Å². The third-order valence-electron chi connectivity index (χ3n) is 2.86. The van der Waals surface area contributed by atoms with Crippen molar-refractivity contribution in [3.8, 4) is 0 Å². The Morgan fingerprint density at radius 3 is 3.00 bits per heavy atom. The number of hydrogen-bond acceptors (Lipinski definition) is 4. The largest absolute Gasteiger partial charge is 0.367 e. The Labute approximate surface area is 94.7 Å². The SMILES string of the molecule is CC(CN)C(C)Nc1ccn2nccc2n1. The summed E-state index contributed by atoms with van der Waals surface area (Å²) in [6.45, 7) is 4.90. The zero-order valence-electron chi connectivity index (χ0n) is 9.59. The van der Waals surface area contributed by atoms with E-state index in [-0.39, 0.29) is 0 Å². The van der Waals surface area contributed by atoms with Crippen molar-refractivity contribution in [1.29, 1.82) is 0 Å². The number of fused-ring (bicyclic) bond motifs is 1. The fourth-order valence-electron chi connectivity index (χ4n) is 1.47. The monoisotopic (exact) mass is 219 g/mol. The Morgan fingerprint density at radius 2 is 2.25 bits per heavy atom. The van der Waals surface area contributed by atoms with Crippen molar-refractivity contribution in [2.75, 3.05) is 11.9 Å². The molecule has 0 saturated carbocycles. The van der Waals surface area contributed by atoms with Gasteiger partial charge in [0.1, 0.15) is 5.82 Å². The first kappa shape index (κ1) is 10.9. The standard InChI is InChI=1S/C11H17N5/c1-8(7-12)9(2)14-10-4-6-16-11(15-10)3-5-13-16/h3-6,8-9H,7,12H2,1-2H3,(H,14,15). The number of nitrogens with zero attached hydrogens (tertiary/aromatic N) is 3. The highest BCUT2D eigenvalue weighted by Crippen LogP contribution is 2.10. The molecule has 0 aliphatic heterocycles. The van der Waals surface area contributed by atoms with E-state index in [0.29, 0.717) is 18.5 Å². The first-order valence-electron chi connectivity index (χ1n) is 5.47. The fraction of sp³-hybridized carbons (Fsp3) is 0.455. The van der Waals surface area contributed by atoms with E-state index >= 15 is 0 Å². The van der Waals surface area contributed by atoms with Crippen molar-refractivity contribution >= 4 is 11.5 Å². The highest BCUT2D eigenvalue weighted by atomic mass is 15.2. The minimum Gasteiger partial charge on any atom is -0.367 e. The van der Waals surface area contributed by atoms with Gasteiger partial charge < -0.3 is 11.1 Å². The molecule has 5 heteroatoms. The zero-order valence-corrected chi connectivity index (χ0v) is 9.59. The molecule has 2 atom stereocenters. The smallest absolute Gasteiger partial charge is 0.157 e. The maximum atomic E-state index is 5.63. The molecular weight excluding hydrogens is 202 g/mol. The van der Waals surface area contributed by atoms with Gasteiger partial charge in [0, 0.05) is 18.3 Å². The van der Waals surface area contributed by atoms with Crippen LogP contribution in [0.4, 0.5) is 5.82 Å². The van der Waals surface area contributed by atoms with Crippen LogP contribution in [-0.2, 0) is 0 Å². The molecule has 0 aromatic carbocycles. The molecule has 0 amide bonds. The van der Waals surface area contributed by atoms with Gasteiger partial charge in [0.15, 0.2) is 5.65 Å². The van der Waals surface area contributed by atoms with Gasteiger partial charge >= 0.3 is 0 Å². The summed E-state index contributed by atoms with van der Waals surface area (Å²) in [5.74, 6) is 1.28.